The van der Waals surface area contributed by atoms with Crippen LogP contribution in [0.15, 0.2) is 23.0 Å². The number of benzene rings is 2. The van der Waals surface area contributed by atoms with Gasteiger partial charge in [0.15, 0.2) is 5.43 Å². The molecule has 0 saturated heterocycles. The summed E-state index contributed by atoms with van der Waals surface area (Å²) in [7, 11) is -2.87. The molecule has 1 aromatic heterocycles. The summed E-state index contributed by atoms with van der Waals surface area (Å²) in [5.41, 5.74) is -0.103. The Morgan fingerprint density at radius 3 is 1.93 bits per heavy atom. The minimum absolute atomic E-state index is 0.103. The van der Waals surface area contributed by atoms with Gasteiger partial charge in [0, 0.05) is 20.0 Å². The van der Waals surface area contributed by atoms with Crippen molar-refractivity contribution in [2.45, 2.75) is 0 Å². The van der Waals surface area contributed by atoms with Gasteiger partial charge in [0.2, 0.25) is 34.8 Å². The Morgan fingerprint density at radius 1 is 0.897 bits per heavy atom. The zero-order valence-corrected chi connectivity index (χ0v) is 15.2. The fourth-order valence-corrected chi connectivity index (χ4v) is 3.29. The summed E-state index contributed by atoms with van der Waals surface area (Å²) in [4.78, 5) is 37.4. The molecule has 4 rings (SSSR count). The molecule has 4 aromatic rings. The van der Waals surface area contributed by atoms with Gasteiger partial charge < -0.3 is 4.74 Å². The molecule has 0 amide bonds. The Morgan fingerprint density at radius 2 is 1.38 bits per heavy atom. The average molecular weight is 451 g/mol. The molecule has 0 fully saturated rings. The Hall–Kier alpha value is -2.79. The lowest BCUT2D eigenvalue weighted by Gasteiger charge is -2.07. The number of thiophene rings is 1. The third-order valence-electron chi connectivity index (χ3n) is 3.65. The molecule has 0 saturated carbocycles. The molecule has 2 N–H and O–H groups in total. The molecule has 0 atom stereocenters. The van der Waals surface area contributed by atoms with Crippen molar-refractivity contribution in [2.24, 2.45) is 0 Å². The molecule has 29 heavy (non-hydrogen) atoms. The second kappa shape index (κ2) is 7.56. The molecular weight excluding hydrogens is 446 g/mol. The molecule has 6 nitrogen and oxygen atoms in total. The number of carbonyl (C=O) groups excluding carboxylic acids is 1. The minimum atomic E-state index is -2.87. The van der Waals surface area contributed by atoms with Crippen LogP contribution in [0.4, 0.5) is 22.0 Å². The summed E-state index contributed by atoms with van der Waals surface area (Å²) in [6.45, 7) is 0. The third kappa shape index (κ3) is 3.87. The highest BCUT2D eigenvalue weighted by atomic mass is 32.1. The van der Waals surface area contributed by atoms with Crippen molar-refractivity contribution in [3.05, 3.63) is 62.4 Å². The SMILES string of the molecule is O=C(Oc1c(F)c(F)c(F)c(F)c1F)c1cc2cc3c(=O)c3cc2s1.O=[P+](O)O. The lowest BCUT2D eigenvalue weighted by molar-refractivity contribution is 0.0721. The van der Waals surface area contributed by atoms with Gasteiger partial charge in [-0.15, -0.1) is 21.1 Å². The van der Waals surface area contributed by atoms with Crippen LogP contribution in [0.3, 0.4) is 0 Å². The summed E-state index contributed by atoms with van der Waals surface area (Å²) < 4.78 is 80.0. The van der Waals surface area contributed by atoms with Gasteiger partial charge in [-0.05, 0) is 23.6 Å². The van der Waals surface area contributed by atoms with Gasteiger partial charge in [0.25, 0.3) is 0 Å². The van der Waals surface area contributed by atoms with Crippen molar-refractivity contribution in [3.63, 3.8) is 0 Å². The predicted octanol–water partition coefficient (Wildman–Crippen LogP) is 3.83. The fourth-order valence-electron chi connectivity index (χ4n) is 2.33. The van der Waals surface area contributed by atoms with Crippen molar-refractivity contribution < 1.29 is 45.8 Å². The molecule has 0 aliphatic carbocycles. The number of hydrogen-bond donors (Lipinski definition) is 2. The van der Waals surface area contributed by atoms with Gasteiger partial charge in [-0.3, -0.25) is 4.79 Å². The van der Waals surface area contributed by atoms with E-state index < -0.39 is 49.1 Å². The average Bonchev–Trinajstić information content (AvgIpc) is 3.09. The van der Waals surface area contributed by atoms with Crippen LogP contribution in [0.5, 0.6) is 5.75 Å². The number of hydrogen-bond acceptors (Lipinski definition) is 5. The molecule has 0 bridgehead atoms. The molecular formula is C16H5F5O6PS+. The summed E-state index contributed by atoms with van der Waals surface area (Å²) in [5, 5.41) is 1.54. The molecule has 0 spiro atoms. The first-order valence-corrected chi connectivity index (χ1v) is 9.22. The quantitative estimate of drug-likeness (QED) is 0.120. The molecule has 1 heterocycles. The van der Waals surface area contributed by atoms with E-state index in [-0.39, 0.29) is 10.3 Å². The Bertz CT molecular complexity index is 1240. The summed E-state index contributed by atoms with van der Waals surface area (Å²) in [6, 6.07) is 4.39. The van der Waals surface area contributed by atoms with Crippen LogP contribution in [0.2, 0.25) is 0 Å². The van der Waals surface area contributed by atoms with E-state index in [2.05, 4.69) is 4.74 Å². The second-order valence-corrected chi connectivity index (χ2v) is 7.01. The first-order chi connectivity index (χ1) is 13.5. The van der Waals surface area contributed by atoms with E-state index in [9.17, 15) is 31.5 Å². The number of ether oxygens (including phenoxy) is 1. The van der Waals surface area contributed by atoms with Crippen LogP contribution in [0.25, 0.3) is 20.9 Å². The van der Waals surface area contributed by atoms with Gasteiger partial charge in [0.1, 0.15) is 4.88 Å². The molecule has 0 radical (unpaired) electrons. The summed E-state index contributed by atoms with van der Waals surface area (Å²) >= 11 is 0.864. The maximum Gasteiger partial charge on any atom is 0.692 e. The molecule has 150 valence electrons. The number of halogens is 5. The molecule has 3 aromatic carbocycles. The van der Waals surface area contributed by atoms with E-state index in [1.807, 2.05) is 0 Å². The van der Waals surface area contributed by atoms with Crippen LogP contribution >= 0.6 is 19.6 Å². The van der Waals surface area contributed by atoms with Crippen molar-refractivity contribution in [1.82, 2.24) is 0 Å². The van der Waals surface area contributed by atoms with Gasteiger partial charge >= 0.3 is 14.2 Å². The van der Waals surface area contributed by atoms with Crippen molar-refractivity contribution in [2.75, 3.05) is 0 Å². The van der Waals surface area contributed by atoms with E-state index in [4.69, 9.17) is 14.4 Å². The maximum atomic E-state index is 13.6. The highest BCUT2D eigenvalue weighted by molar-refractivity contribution is 7.30. The van der Waals surface area contributed by atoms with Crippen molar-refractivity contribution in [3.8, 4) is 5.75 Å². The first kappa shape index (κ1) is 20.9. The van der Waals surface area contributed by atoms with Crippen LogP contribution < -0.4 is 10.2 Å². The molecule has 0 unspecified atom stereocenters. The number of rotatable bonds is 2. The van der Waals surface area contributed by atoms with Crippen molar-refractivity contribution in [1.29, 1.82) is 0 Å². The van der Waals surface area contributed by atoms with Crippen LogP contribution in [-0.4, -0.2) is 15.8 Å². The fraction of sp³-hybridized carbons (Fsp3) is 0. The monoisotopic (exact) mass is 451 g/mol. The largest absolute Gasteiger partial charge is 0.692 e. The molecule has 13 heteroatoms. The lowest BCUT2D eigenvalue weighted by atomic mass is 10.2. The minimum Gasteiger partial charge on any atom is -0.416 e. The maximum absolute atomic E-state index is 13.6. The molecule has 0 aliphatic rings. The van der Waals surface area contributed by atoms with E-state index >= 15 is 0 Å². The van der Waals surface area contributed by atoms with E-state index in [1.54, 1.807) is 12.1 Å². The van der Waals surface area contributed by atoms with Gasteiger partial charge in [0.05, 0.1) is 0 Å². The number of carbonyl (C=O) groups is 1. The zero-order chi connectivity index (χ0) is 21.6. The summed E-state index contributed by atoms with van der Waals surface area (Å²) in [6.07, 6.45) is 0. The smallest absolute Gasteiger partial charge is 0.416 e. The third-order valence-corrected chi connectivity index (χ3v) is 4.73. The summed E-state index contributed by atoms with van der Waals surface area (Å²) in [5.74, 6) is -14.2. The van der Waals surface area contributed by atoms with Crippen molar-refractivity contribution >= 4 is 46.4 Å². The highest BCUT2D eigenvalue weighted by Crippen LogP contribution is 2.33. The van der Waals surface area contributed by atoms with Crippen LogP contribution in [-0.2, 0) is 4.57 Å². The second-order valence-electron chi connectivity index (χ2n) is 5.42. The Balaban J connectivity index is 0.000000552. The normalized spacial score (nSPS) is 11.0. The van der Waals surface area contributed by atoms with E-state index in [0.29, 0.717) is 20.9 Å². The highest BCUT2D eigenvalue weighted by Gasteiger charge is 2.29. The number of fused-ring (bicyclic) bond motifs is 2. The lowest BCUT2D eigenvalue weighted by Crippen LogP contribution is -2.12. The standard InChI is InChI=1S/C16H3F5O3S.HO3P/c17-9-10(18)12(20)15(13(21)11(9)19)24-16(23)8-2-4-1-5-6(14(5)22)3-7(4)25-8;1-4(2)3/h1-3H;(H-,1,2,3)/p+1. The zero-order valence-electron chi connectivity index (χ0n) is 13.5. The van der Waals surface area contributed by atoms with Crippen LogP contribution in [0.1, 0.15) is 9.67 Å². The molecule has 0 aliphatic heterocycles. The van der Waals surface area contributed by atoms with E-state index in [0.717, 1.165) is 11.3 Å². The van der Waals surface area contributed by atoms with E-state index in [1.165, 1.54) is 6.07 Å². The van der Waals surface area contributed by atoms with Gasteiger partial charge in [-0.2, -0.15) is 8.78 Å². The number of esters is 1. The Kier molecular flexibility index (Phi) is 5.46. The topological polar surface area (TPSA) is 101 Å². The van der Waals surface area contributed by atoms with Crippen LogP contribution in [0, 0.1) is 29.1 Å². The van der Waals surface area contributed by atoms with Gasteiger partial charge in [-0.1, -0.05) is 0 Å². The first-order valence-electron chi connectivity index (χ1n) is 7.23. The Labute approximate surface area is 161 Å². The predicted molar refractivity (Wildman–Crippen MR) is 91.2 cm³/mol. The van der Waals surface area contributed by atoms with Gasteiger partial charge in [-0.25, -0.2) is 18.0 Å².